The van der Waals surface area contributed by atoms with Crippen molar-refractivity contribution >= 4 is 28.7 Å². The standard InChI is InChI=1S/C9H10ClN5O/c1-5(16)4-13-9-14-7(10)6-8(15-9)12-3-2-11-6/h2-3,5,16H,4H2,1H3,(H,12,13,14,15). The topological polar surface area (TPSA) is 83.8 Å². The van der Waals surface area contributed by atoms with Crippen LogP contribution in [0, 0.1) is 0 Å². The van der Waals surface area contributed by atoms with Crippen LogP contribution in [0.25, 0.3) is 11.2 Å². The molecule has 2 rings (SSSR count). The molecule has 2 aromatic heterocycles. The van der Waals surface area contributed by atoms with Gasteiger partial charge < -0.3 is 10.4 Å². The minimum Gasteiger partial charge on any atom is -0.392 e. The molecule has 0 aliphatic rings. The molecule has 1 atom stereocenters. The van der Waals surface area contributed by atoms with E-state index in [9.17, 15) is 0 Å². The van der Waals surface area contributed by atoms with Gasteiger partial charge in [0, 0.05) is 18.9 Å². The summed E-state index contributed by atoms with van der Waals surface area (Å²) in [5.74, 6) is 0.332. The van der Waals surface area contributed by atoms with E-state index in [0.717, 1.165) is 0 Å². The van der Waals surface area contributed by atoms with Crippen molar-refractivity contribution in [2.45, 2.75) is 13.0 Å². The molecule has 0 spiro atoms. The summed E-state index contributed by atoms with van der Waals surface area (Å²) >= 11 is 5.92. The second kappa shape index (κ2) is 4.54. The molecule has 2 heterocycles. The fourth-order valence-electron chi connectivity index (χ4n) is 1.15. The Balaban J connectivity index is 2.34. The van der Waals surface area contributed by atoms with Gasteiger partial charge in [0.1, 0.15) is 5.52 Å². The zero-order valence-electron chi connectivity index (χ0n) is 8.55. The molecular weight excluding hydrogens is 230 g/mol. The van der Waals surface area contributed by atoms with E-state index in [1.807, 2.05) is 0 Å². The maximum absolute atomic E-state index is 9.12. The minimum atomic E-state index is -0.486. The van der Waals surface area contributed by atoms with Gasteiger partial charge in [-0.25, -0.2) is 9.97 Å². The van der Waals surface area contributed by atoms with Crippen LogP contribution in [0.3, 0.4) is 0 Å². The van der Waals surface area contributed by atoms with E-state index in [2.05, 4.69) is 25.3 Å². The molecule has 0 radical (unpaired) electrons. The van der Waals surface area contributed by atoms with E-state index in [1.54, 1.807) is 6.92 Å². The third-order valence-corrected chi connectivity index (χ3v) is 2.11. The summed E-state index contributed by atoms with van der Waals surface area (Å²) in [4.78, 5) is 16.2. The highest BCUT2D eigenvalue weighted by molar-refractivity contribution is 6.33. The summed E-state index contributed by atoms with van der Waals surface area (Å²) in [5, 5.41) is 12.2. The normalized spacial score (nSPS) is 12.7. The Morgan fingerprint density at radius 3 is 2.88 bits per heavy atom. The predicted molar refractivity (Wildman–Crippen MR) is 60.3 cm³/mol. The lowest BCUT2D eigenvalue weighted by Gasteiger charge is -2.07. The van der Waals surface area contributed by atoms with Gasteiger partial charge in [-0.15, -0.1) is 0 Å². The minimum absolute atomic E-state index is 0.242. The molecule has 2 aromatic rings. The Kier molecular flexibility index (Phi) is 3.12. The number of hydrogen-bond acceptors (Lipinski definition) is 6. The third-order valence-electron chi connectivity index (χ3n) is 1.85. The van der Waals surface area contributed by atoms with Crippen LogP contribution in [0.1, 0.15) is 6.92 Å². The number of halogens is 1. The monoisotopic (exact) mass is 239 g/mol. The number of anilines is 1. The molecule has 0 saturated heterocycles. The number of aliphatic hydroxyl groups is 1. The maximum atomic E-state index is 9.12. The van der Waals surface area contributed by atoms with Crippen LogP contribution in [-0.2, 0) is 0 Å². The van der Waals surface area contributed by atoms with Crippen LogP contribution >= 0.6 is 11.6 Å². The fraction of sp³-hybridized carbons (Fsp3) is 0.333. The zero-order valence-corrected chi connectivity index (χ0v) is 9.31. The van der Waals surface area contributed by atoms with Crippen LogP contribution < -0.4 is 5.32 Å². The molecule has 0 aliphatic carbocycles. The summed E-state index contributed by atoms with van der Waals surface area (Å²) in [6.45, 7) is 2.01. The molecule has 16 heavy (non-hydrogen) atoms. The fourth-order valence-corrected chi connectivity index (χ4v) is 1.36. The Bertz CT molecular complexity index is 504. The van der Waals surface area contributed by atoms with Gasteiger partial charge in [-0.05, 0) is 6.92 Å². The van der Waals surface area contributed by atoms with Crippen molar-refractivity contribution in [3.8, 4) is 0 Å². The average Bonchev–Trinajstić information content (AvgIpc) is 2.26. The number of fused-ring (bicyclic) bond motifs is 1. The Hall–Kier alpha value is -1.53. The molecule has 2 N–H and O–H groups in total. The molecule has 0 aliphatic heterocycles. The number of aliphatic hydroxyl groups excluding tert-OH is 1. The van der Waals surface area contributed by atoms with Gasteiger partial charge in [0.25, 0.3) is 0 Å². The summed E-state index contributed by atoms with van der Waals surface area (Å²) in [7, 11) is 0. The summed E-state index contributed by atoms with van der Waals surface area (Å²) in [5.41, 5.74) is 0.891. The van der Waals surface area contributed by atoms with Crippen molar-refractivity contribution in [2.24, 2.45) is 0 Å². The van der Waals surface area contributed by atoms with Gasteiger partial charge in [0.15, 0.2) is 10.8 Å². The molecule has 0 amide bonds. The Morgan fingerprint density at radius 2 is 2.12 bits per heavy atom. The second-order valence-electron chi connectivity index (χ2n) is 3.30. The van der Waals surface area contributed by atoms with Crippen molar-refractivity contribution < 1.29 is 5.11 Å². The van der Waals surface area contributed by atoms with Gasteiger partial charge in [-0.2, -0.15) is 9.97 Å². The number of rotatable bonds is 3. The molecule has 0 aromatic carbocycles. The van der Waals surface area contributed by atoms with Crippen molar-refractivity contribution in [1.29, 1.82) is 0 Å². The molecule has 1 unspecified atom stereocenters. The molecule has 0 bridgehead atoms. The second-order valence-corrected chi connectivity index (χ2v) is 3.65. The van der Waals surface area contributed by atoms with E-state index in [1.165, 1.54) is 12.4 Å². The first-order chi connectivity index (χ1) is 7.66. The smallest absolute Gasteiger partial charge is 0.226 e. The van der Waals surface area contributed by atoms with Gasteiger partial charge in [0.05, 0.1) is 6.10 Å². The summed E-state index contributed by atoms with van der Waals surface area (Å²) in [6, 6.07) is 0. The molecule has 0 saturated carbocycles. The highest BCUT2D eigenvalue weighted by Gasteiger charge is 2.07. The lowest BCUT2D eigenvalue weighted by atomic mass is 10.4. The van der Waals surface area contributed by atoms with Crippen LogP contribution in [0.15, 0.2) is 12.4 Å². The summed E-state index contributed by atoms with van der Waals surface area (Å²) in [6.07, 6.45) is 2.57. The molecule has 7 heteroatoms. The van der Waals surface area contributed by atoms with Crippen molar-refractivity contribution in [3.05, 3.63) is 17.5 Å². The first kappa shape index (κ1) is 11.0. The Morgan fingerprint density at radius 1 is 1.38 bits per heavy atom. The summed E-state index contributed by atoms with van der Waals surface area (Å²) < 4.78 is 0. The van der Waals surface area contributed by atoms with E-state index < -0.39 is 6.10 Å². The number of hydrogen-bond donors (Lipinski definition) is 2. The molecule has 6 nitrogen and oxygen atoms in total. The lowest BCUT2D eigenvalue weighted by molar-refractivity contribution is 0.208. The van der Waals surface area contributed by atoms with Crippen LogP contribution in [0.5, 0.6) is 0 Å². The van der Waals surface area contributed by atoms with Crippen molar-refractivity contribution in [1.82, 2.24) is 19.9 Å². The molecule has 0 fully saturated rings. The SMILES string of the molecule is CC(O)CNc1nc(Cl)c2nccnc2n1. The van der Waals surface area contributed by atoms with Crippen LogP contribution in [0.2, 0.25) is 5.15 Å². The van der Waals surface area contributed by atoms with E-state index in [0.29, 0.717) is 23.7 Å². The van der Waals surface area contributed by atoms with E-state index in [-0.39, 0.29) is 5.15 Å². The third kappa shape index (κ3) is 2.34. The number of nitrogens with zero attached hydrogens (tertiary/aromatic N) is 4. The van der Waals surface area contributed by atoms with Gasteiger partial charge >= 0.3 is 0 Å². The molecule has 84 valence electrons. The number of aromatic nitrogens is 4. The average molecular weight is 240 g/mol. The van der Waals surface area contributed by atoms with Crippen molar-refractivity contribution in [2.75, 3.05) is 11.9 Å². The first-order valence-electron chi connectivity index (χ1n) is 4.73. The molecular formula is C9H10ClN5O. The maximum Gasteiger partial charge on any atom is 0.226 e. The largest absolute Gasteiger partial charge is 0.392 e. The zero-order chi connectivity index (χ0) is 11.5. The quantitative estimate of drug-likeness (QED) is 0.773. The van der Waals surface area contributed by atoms with Crippen LogP contribution in [-0.4, -0.2) is 37.7 Å². The van der Waals surface area contributed by atoms with Crippen LogP contribution in [0.4, 0.5) is 5.95 Å². The van der Waals surface area contributed by atoms with Crippen molar-refractivity contribution in [3.63, 3.8) is 0 Å². The first-order valence-corrected chi connectivity index (χ1v) is 5.11. The van der Waals surface area contributed by atoms with Gasteiger partial charge in [-0.1, -0.05) is 11.6 Å². The Labute approximate surface area is 96.7 Å². The van der Waals surface area contributed by atoms with Gasteiger partial charge in [0.2, 0.25) is 5.95 Å². The lowest BCUT2D eigenvalue weighted by Crippen LogP contribution is -2.17. The predicted octanol–water partition coefficient (Wildman–Crippen LogP) is 0.866. The van der Waals surface area contributed by atoms with Gasteiger partial charge in [-0.3, -0.25) is 0 Å². The van der Waals surface area contributed by atoms with E-state index >= 15 is 0 Å². The highest BCUT2D eigenvalue weighted by atomic mass is 35.5. The van der Waals surface area contributed by atoms with E-state index in [4.69, 9.17) is 16.7 Å². The number of nitrogens with one attached hydrogen (secondary N) is 1. The highest BCUT2D eigenvalue weighted by Crippen LogP contribution is 2.17.